The summed E-state index contributed by atoms with van der Waals surface area (Å²) in [5.41, 5.74) is 6.85. The summed E-state index contributed by atoms with van der Waals surface area (Å²) in [6, 6.07) is 11.3. The fourth-order valence-electron chi connectivity index (χ4n) is 1.91. The maximum absolute atomic E-state index is 12.1. The molecule has 0 saturated heterocycles. The first-order valence-electron chi connectivity index (χ1n) is 7.34. The van der Waals surface area contributed by atoms with E-state index >= 15 is 0 Å². The topological polar surface area (TPSA) is 103 Å². The molecule has 0 spiro atoms. The fourth-order valence-corrected chi connectivity index (χ4v) is 1.91. The highest BCUT2D eigenvalue weighted by Gasteiger charge is 2.19. The maximum atomic E-state index is 12.1. The first-order valence-corrected chi connectivity index (χ1v) is 7.34. The van der Waals surface area contributed by atoms with Crippen LogP contribution in [0.15, 0.2) is 46.1 Å². The minimum absolute atomic E-state index is 0.305. The van der Waals surface area contributed by atoms with Gasteiger partial charge in [0.15, 0.2) is 5.82 Å². The van der Waals surface area contributed by atoms with E-state index in [0.29, 0.717) is 30.3 Å². The number of hydrogen-bond acceptors (Lipinski definition) is 5. The average molecular weight is 316 g/mol. The van der Waals surface area contributed by atoms with E-state index in [1.807, 2.05) is 37.3 Å². The van der Waals surface area contributed by atoms with Crippen LogP contribution >= 0.6 is 0 Å². The molecule has 0 aliphatic carbocycles. The van der Waals surface area contributed by atoms with Gasteiger partial charge in [0, 0.05) is 12.5 Å². The molecular weight excluding hydrogens is 296 g/mol. The Morgan fingerprint density at radius 1 is 1.43 bits per heavy atom. The molecule has 0 radical (unpaired) electrons. The predicted molar refractivity (Wildman–Crippen MR) is 86.8 cm³/mol. The van der Waals surface area contributed by atoms with E-state index in [2.05, 4.69) is 15.6 Å². The molecule has 122 valence electrons. The van der Waals surface area contributed by atoms with Crippen LogP contribution in [0.2, 0.25) is 0 Å². The Balaban J connectivity index is 1.90. The van der Waals surface area contributed by atoms with Crippen molar-refractivity contribution >= 4 is 17.6 Å². The fraction of sp³-hybridized carbons (Fsp3) is 0.312. The van der Waals surface area contributed by atoms with Crippen molar-refractivity contribution in [2.24, 2.45) is 10.9 Å². The van der Waals surface area contributed by atoms with Gasteiger partial charge in [-0.15, -0.1) is 0 Å². The van der Waals surface area contributed by atoms with Crippen molar-refractivity contribution in [3.8, 4) is 0 Å². The number of nitrogens with zero attached hydrogens (tertiary/aromatic N) is 2. The van der Waals surface area contributed by atoms with Gasteiger partial charge in [-0.3, -0.25) is 4.79 Å². The second-order valence-corrected chi connectivity index (χ2v) is 5.06. The van der Waals surface area contributed by atoms with Crippen molar-refractivity contribution in [1.82, 2.24) is 5.16 Å². The van der Waals surface area contributed by atoms with Crippen LogP contribution in [0, 0.1) is 6.92 Å². The molecule has 23 heavy (non-hydrogen) atoms. The van der Waals surface area contributed by atoms with Gasteiger partial charge >= 0.3 is 0 Å². The van der Waals surface area contributed by atoms with Gasteiger partial charge in [0.1, 0.15) is 11.6 Å². The van der Waals surface area contributed by atoms with E-state index in [-0.39, 0.29) is 5.91 Å². The number of amidine groups is 1. The molecule has 0 aliphatic rings. The van der Waals surface area contributed by atoms with Gasteiger partial charge in [0.2, 0.25) is 6.10 Å². The summed E-state index contributed by atoms with van der Waals surface area (Å²) in [5, 5.41) is 10.2. The lowest BCUT2D eigenvalue weighted by atomic mass is 10.1. The van der Waals surface area contributed by atoms with Crippen LogP contribution in [0.25, 0.3) is 0 Å². The third-order valence-corrected chi connectivity index (χ3v) is 3.07. The van der Waals surface area contributed by atoms with E-state index in [0.717, 1.165) is 5.56 Å². The number of aromatic nitrogens is 1. The van der Waals surface area contributed by atoms with Crippen molar-refractivity contribution < 1.29 is 14.2 Å². The highest BCUT2D eigenvalue weighted by atomic mass is 16.6. The molecule has 2 rings (SSSR count). The SMILES string of the molecule is CCC(O/N=C(/N)Cc1ccccc1)C(=O)Nc1cc(C)on1. The van der Waals surface area contributed by atoms with E-state index in [1.165, 1.54) is 0 Å². The smallest absolute Gasteiger partial charge is 0.269 e. The van der Waals surface area contributed by atoms with Crippen molar-refractivity contribution in [3.63, 3.8) is 0 Å². The number of oxime groups is 1. The van der Waals surface area contributed by atoms with E-state index in [9.17, 15) is 4.79 Å². The number of anilines is 1. The van der Waals surface area contributed by atoms with Crippen LogP contribution in [0.3, 0.4) is 0 Å². The third kappa shape index (κ3) is 5.14. The minimum atomic E-state index is -0.749. The number of aryl methyl sites for hydroxylation is 1. The van der Waals surface area contributed by atoms with Crippen molar-refractivity contribution in [1.29, 1.82) is 0 Å². The Morgan fingerprint density at radius 3 is 2.78 bits per heavy atom. The molecule has 1 heterocycles. The highest BCUT2D eigenvalue weighted by molar-refractivity contribution is 5.93. The molecule has 0 aliphatic heterocycles. The van der Waals surface area contributed by atoms with Gasteiger partial charge in [-0.25, -0.2) is 0 Å². The number of benzene rings is 1. The lowest BCUT2D eigenvalue weighted by Crippen LogP contribution is -2.29. The van der Waals surface area contributed by atoms with Gasteiger partial charge in [-0.1, -0.05) is 47.6 Å². The summed E-state index contributed by atoms with van der Waals surface area (Å²) in [6.07, 6.45) is 0.160. The molecule has 1 amide bonds. The van der Waals surface area contributed by atoms with Crippen LogP contribution in [-0.2, 0) is 16.1 Å². The molecule has 7 nitrogen and oxygen atoms in total. The molecule has 3 N–H and O–H groups in total. The van der Waals surface area contributed by atoms with Gasteiger partial charge in [0.05, 0.1) is 0 Å². The lowest BCUT2D eigenvalue weighted by molar-refractivity contribution is -0.127. The zero-order valence-corrected chi connectivity index (χ0v) is 13.2. The summed E-state index contributed by atoms with van der Waals surface area (Å²) in [6.45, 7) is 3.56. The Morgan fingerprint density at radius 2 is 2.17 bits per heavy atom. The monoisotopic (exact) mass is 316 g/mol. The molecule has 0 bridgehead atoms. The van der Waals surface area contributed by atoms with Crippen molar-refractivity contribution in [2.75, 3.05) is 5.32 Å². The van der Waals surface area contributed by atoms with Gasteiger partial charge in [-0.05, 0) is 18.9 Å². The zero-order chi connectivity index (χ0) is 16.7. The molecule has 2 aromatic rings. The standard InChI is InChI=1S/C16H20N4O3/c1-3-13(16(21)18-15-9-11(2)22-20-15)23-19-14(17)10-12-7-5-4-6-8-12/h4-9,13H,3,10H2,1-2H3,(H2,17,19)(H,18,20,21). The minimum Gasteiger partial charge on any atom is -0.384 e. The number of hydrogen-bond donors (Lipinski definition) is 2. The normalized spacial score (nSPS) is 12.7. The van der Waals surface area contributed by atoms with Gasteiger partial charge < -0.3 is 20.4 Å². The summed E-state index contributed by atoms with van der Waals surface area (Å²) in [5.74, 6) is 0.909. The molecule has 1 aromatic heterocycles. The summed E-state index contributed by atoms with van der Waals surface area (Å²) >= 11 is 0. The molecule has 1 unspecified atom stereocenters. The van der Waals surface area contributed by atoms with Crippen LogP contribution in [0.1, 0.15) is 24.7 Å². The van der Waals surface area contributed by atoms with E-state index in [1.54, 1.807) is 13.0 Å². The van der Waals surface area contributed by atoms with E-state index in [4.69, 9.17) is 15.1 Å². The van der Waals surface area contributed by atoms with Crippen LogP contribution in [-0.4, -0.2) is 23.0 Å². The van der Waals surface area contributed by atoms with Crippen LogP contribution in [0.5, 0.6) is 0 Å². The first-order chi connectivity index (χ1) is 11.1. The number of nitrogens with one attached hydrogen (secondary N) is 1. The second-order valence-electron chi connectivity index (χ2n) is 5.06. The Kier molecular flexibility index (Phi) is 5.74. The highest BCUT2D eigenvalue weighted by Crippen LogP contribution is 2.09. The lowest BCUT2D eigenvalue weighted by Gasteiger charge is -2.12. The summed E-state index contributed by atoms with van der Waals surface area (Å²) < 4.78 is 4.89. The van der Waals surface area contributed by atoms with E-state index < -0.39 is 6.10 Å². The number of amides is 1. The van der Waals surface area contributed by atoms with Crippen molar-refractivity contribution in [2.45, 2.75) is 32.8 Å². The first kappa shape index (κ1) is 16.5. The van der Waals surface area contributed by atoms with Crippen molar-refractivity contribution in [3.05, 3.63) is 47.7 Å². The number of carbonyl (C=O) groups is 1. The second kappa shape index (κ2) is 7.98. The number of rotatable bonds is 7. The summed E-state index contributed by atoms with van der Waals surface area (Å²) in [4.78, 5) is 17.4. The Labute approximate surface area is 134 Å². The molecule has 0 fully saturated rings. The molecule has 7 heteroatoms. The maximum Gasteiger partial charge on any atom is 0.269 e. The molecule has 0 saturated carbocycles. The van der Waals surface area contributed by atoms with Gasteiger partial charge in [0.25, 0.3) is 5.91 Å². The number of carbonyl (C=O) groups excluding carboxylic acids is 1. The average Bonchev–Trinajstić information content (AvgIpc) is 2.94. The van der Waals surface area contributed by atoms with Crippen LogP contribution in [0.4, 0.5) is 5.82 Å². The summed E-state index contributed by atoms with van der Waals surface area (Å²) in [7, 11) is 0. The molecule has 1 aromatic carbocycles. The Hall–Kier alpha value is -2.83. The molecular formula is C16H20N4O3. The Bertz CT molecular complexity index is 667. The van der Waals surface area contributed by atoms with Gasteiger partial charge in [-0.2, -0.15) is 0 Å². The van der Waals surface area contributed by atoms with Crippen LogP contribution < -0.4 is 11.1 Å². The third-order valence-electron chi connectivity index (χ3n) is 3.07. The zero-order valence-electron chi connectivity index (χ0n) is 13.2. The largest absolute Gasteiger partial charge is 0.384 e. The molecule has 1 atom stereocenters. The predicted octanol–water partition coefficient (Wildman–Crippen LogP) is 2.23. The quantitative estimate of drug-likeness (QED) is 0.463. The number of nitrogens with two attached hydrogens (primary N) is 1.